The molecule has 0 unspecified atom stereocenters. The number of ether oxygens (including phenoxy) is 1. The van der Waals surface area contributed by atoms with E-state index in [0.29, 0.717) is 46.6 Å². The molecule has 0 fully saturated rings. The van der Waals surface area contributed by atoms with Crippen LogP contribution in [0.15, 0.2) is 42.5 Å². The number of nitrogens with one attached hydrogen (secondary N) is 1. The number of nitrogens with zero attached hydrogens (tertiary/aromatic N) is 3. The van der Waals surface area contributed by atoms with Crippen LogP contribution in [-0.2, 0) is 11.2 Å². The molecule has 0 aliphatic rings. The lowest BCUT2D eigenvalue weighted by Gasteiger charge is -2.08. The molecule has 0 radical (unpaired) electrons. The number of nitrogen functional groups attached to an aromatic ring is 1. The summed E-state index contributed by atoms with van der Waals surface area (Å²) in [6, 6.07) is 12.4. The van der Waals surface area contributed by atoms with Crippen LogP contribution in [0.1, 0.15) is 17.7 Å². The molecule has 1 aromatic heterocycles. The van der Waals surface area contributed by atoms with Crippen LogP contribution in [0.4, 0.5) is 10.2 Å². The minimum atomic E-state index is -0.380. The maximum atomic E-state index is 13.1. The Morgan fingerprint density at radius 2 is 1.97 bits per heavy atom. The van der Waals surface area contributed by atoms with Gasteiger partial charge in [-0.25, -0.2) is 9.07 Å². The van der Waals surface area contributed by atoms with Crippen LogP contribution in [0.25, 0.3) is 5.69 Å². The van der Waals surface area contributed by atoms with E-state index in [1.54, 1.807) is 12.1 Å². The Kier molecular flexibility index (Phi) is 7.34. The first-order valence-corrected chi connectivity index (χ1v) is 10.0. The van der Waals surface area contributed by atoms with E-state index in [1.165, 1.54) is 35.0 Å². The van der Waals surface area contributed by atoms with Gasteiger partial charge in [0.25, 0.3) is 5.91 Å². The van der Waals surface area contributed by atoms with E-state index in [0.717, 1.165) is 0 Å². The molecule has 160 valence electrons. The summed E-state index contributed by atoms with van der Waals surface area (Å²) in [6.45, 7) is 0.186. The Hall–Kier alpha value is -3.28. The number of nitrogens with two attached hydrogens (primary N) is 1. The Bertz CT molecular complexity index is 1130. The minimum Gasteiger partial charge on any atom is -0.484 e. The second-order valence-electron chi connectivity index (χ2n) is 6.53. The number of anilines is 1. The van der Waals surface area contributed by atoms with Crippen molar-refractivity contribution in [2.75, 3.05) is 18.9 Å². The van der Waals surface area contributed by atoms with Crippen molar-refractivity contribution in [1.82, 2.24) is 15.1 Å². The molecule has 1 heterocycles. The van der Waals surface area contributed by atoms with Gasteiger partial charge in [0.1, 0.15) is 29.0 Å². The van der Waals surface area contributed by atoms with Crippen molar-refractivity contribution in [1.29, 1.82) is 5.26 Å². The number of aryl methyl sites for hydroxylation is 1. The summed E-state index contributed by atoms with van der Waals surface area (Å²) in [7, 11) is 0. The van der Waals surface area contributed by atoms with Gasteiger partial charge < -0.3 is 15.8 Å². The van der Waals surface area contributed by atoms with Crippen LogP contribution in [0.5, 0.6) is 5.75 Å². The molecule has 0 bridgehead atoms. The molecule has 0 spiro atoms. The summed E-state index contributed by atoms with van der Waals surface area (Å²) in [5.41, 5.74) is 7.35. The van der Waals surface area contributed by atoms with Gasteiger partial charge in [0.05, 0.1) is 21.4 Å². The number of halogens is 3. The second-order valence-corrected chi connectivity index (χ2v) is 7.34. The van der Waals surface area contributed by atoms with Gasteiger partial charge in [-0.3, -0.25) is 4.79 Å². The number of nitriles is 1. The standard InChI is InChI=1S/C21H18Cl2FN5O2/c22-17-8-7-15(10-18(17)23)31-12-20(30)27-9-1-2-19-16(11-25)21(26)29(28-19)14-5-3-13(24)4-6-14/h3-8,10H,1-2,9,12,26H2,(H,27,30). The quantitative estimate of drug-likeness (QED) is 0.494. The molecule has 0 atom stereocenters. The molecule has 7 nitrogen and oxygen atoms in total. The Morgan fingerprint density at radius 3 is 2.65 bits per heavy atom. The number of hydrogen-bond donors (Lipinski definition) is 2. The number of carbonyl (C=O) groups excluding carboxylic acids is 1. The van der Waals surface area contributed by atoms with Crippen molar-refractivity contribution in [3.63, 3.8) is 0 Å². The van der Waals surface area contributed by atoms with Gasteiger partial charge in [-0.2, -0.15) is 10.4 Å². The molecule has 0 saturated carbocycles. The van der Waals surface area contributed by atoms with Crippen LogP contribution >= 0.6 is 23.2 Å². The zero-order valence-corrected chi connectivity index (χ0v) is 17.8. The van der Waals surface area contributed by atoms with E-state index >= 15 is 0 Å². The van der Waals surface area contributed by atoms with Crippen LogP contribution in [-0.4, -0.2) is 28.8 Å². The third-order valence-electron chi connectivity index (χ3n) is 4.35. The molecular formula is C21H18Cl2FN5O2. The topological polar surface area (TPSA) is 106 Å². The monoisotopic (exact) mass is 461 g/mol. The first-order chi connectivity index (χ1) is 14.9. The van der Waals surface area contributed by atoms with Gasteiger partial charge in [-0.15, -0.1) is 0 Å². The van der Waals surface area contributed by atoms with Crippen LogP contribution < -0.4 is 15.8 Å². The molecule has 31 heavy (non-hydrogen) atoms. The lowest BCUT2D eigenvalue weighted by molar-refractivity contribution is -0.123. The van der Waals surface area contributed by atoms with Crippen molar-refractivity contribution in [2.45, 2.75) is 12.8 Å². The maximum Gasteiger partial charge on any atom is 0.257 e. The maximum absolute atomic E-state index is 13.1. The summed E-state index contributed by atoms with van der Waals surface area (Å²) in [5.74, 6) is -0.0646. The number of carbonyl (C=O) groups is 1. The Morgan fingerprint density at radius 1 is 1.23 bits per heavy atom. The highest BCUT2D eigenvalue weighted by Gasteiger charge is 2.16. The predicted molar refractivity (Wildman–Crippen MR) is 116 cm³/mol. The lowest BCUT2D eigenvalue weighted by atomic mass is 10.1. The molecule has 3 N–H and O–H groups in total. The van der Waals surface area contributed by atoms with E-state index < -0.39 is 0 Å². The minimum absolute atomic E-state index is 0.173. The average Bonchev–Trinajstić information content (AvgIpc) is 3.07. The highest BCUT2D eigenvalue weighted by Crippen LogP contribution is 2.26. The van der Waals surface area contributed by atoms with Gasteiger partial charge in [-0.1, -0.05) is 23.2 Å². The van der Waals surface area contributed by atoms with Crippen molar-refractivity contribution >= 4 is 34.9 Å². The molecule has 3 rings (SSSR count). The number of benzene rings is 2. The normalized spacial score (nSPS) is 10.5. The van der Waals surface area contributed by atoms with Crippen molar-refractivity contribution in [2.24, 2.45) is 0 Å². The third kappa shape index (κ3) is 5.66. The molecule has 2 aromatic carbocycles. The van der Waals surface area contributed by atoms with E-state index in [1.807, 2.05) is 0 Å². The van der Waals surface area contributed by atoms with Crippen molar-refractivity contribution < 1.29 is 13.9 Å². The van der Waals surface area contributed by atoms with Gasteiger partial charge in [0.2, 0.25) is 0 Å². The Balaban J connectivity index is 1.51. The molecule has 0 saturated heterocycles. The van der Waals surface area contributed by atoms with E-state index in [-0.39, 0.29) is 29.7 Å². The molecule has 10 heteroatoms. The summed E-state index contributed by atoms with van der Waals surface area (Å²) in [4.78, 5) is 12.0. The number of hydrogen-bond acceptors (Lipinski definition) is 5. The van der Waals surface area contributed by atoms with Gasteiger partial charge >= 0.3 is 0 Å². The molecular weight excluding hydrogens is 444 g/mol. The lowest BCUT2D eigenvalue weighted by Crippen LogP contribution is -2.30. The summed E-state index contributed by atoms with van der Waals surface area (Å²) in [5, 5.41) is 17.3. The van der Waals surface area contributed by atoms with Crippen LogP contribution in [0.3, 0.4) is 0 Å². The largest absolute Gasteiger partial charge is 0.484 e. The zero-order valence-electron chi connectivity index (χ0n) is 16.2. The SMILES string of the molecule is N#Cc1c(CCCNC(=O)COc2ccc(Cl)c(Cl)c2)nn(-c2ccc(F)cc2)c1N. The molecule has 1 amide bonds. The van der Waals surface area contributed by atoms with E-state index in [4.69, 9.17) is 33.7 Å². The smallest absolute Gasteiger partial charge is 0.257 e. The predicted octanol–water partition coefficient (Wildman–Crippen LogP) is 3.90. The molecule has 0 aliphatic carbocycles. The van der Waals surface area contributed by atoms with Gasteiger partial charge in [0, 0.05) is 12.6 Å². The van der Waals surface area contributed by atoms with Gasteiger partial charge in [0.15, 0.2) is 6.61 Å². The van der Waals surface area contributed by atoms with E-state index in [9.17, 15) is 14.4 Å². The fourth-order valence-corrected chi connectivity index (χ4v) is 3.09. The third-order valence-corrected chi connectivity index (χ3v) is 5.09. The zero-order chi connectivity index (χ0) is 22.4. The second kappa shape index (κ2) is 10.2. The van der Waals surface area contributed by atoms with Crippen LogP contribution in [0.2, 0.25) is 10.0 Å². The highest BCUT2D eigenvalue weighted by molar-refractivity contribution is 6.42. The number of amides is 1. The van der Waals surface area contributed by atoms with Crippen molar-refractivity contribution in [3.8, 4) is 17.5 Å². The fraction of sp³-hybridized carbons (Fsp3) is 0.190. The first-order valence-electron chi connectivity index (χ1n) is 9.27. The van der Waals surface area contributed by atoms with E-state index in [2.05, 4.69) is 16.5 Å². The Labute approximate surface area is 188 Å². The molecule has 0 aliphatic heterocycles. The summed E-state index contributed by atoms with van der Waals surface area (Å²) >= 11 is 11.7. The fourth-order valence-electron chi connectivity index (χ4n) is 2.80. The van der Waals surface area contributed by atoms with Crippen molar-refractivity contribution in [3.05, 3.63) is 69.6 Å². The highest BCUT2D eigenvalue weighted by atomic mass is 35.5. The first kappa shape index (κ1) is 22.4. The average molecular weight is 462 g/mol. The summed E-state index contributed by atoms with van der Waals surface area (Å²) in [6.07, 6.45) is 0.961. The number of aromatic nitrogens is 2. The molecule has 3 aromatic rings. The number of rotatable bonds is 8. The van der Waals surface area contributed by atoms with Gasteiger partial charge in [-0.05, 0) is 49.2 Å². The summed E-state index contributed by atoms with van der Waals surface area (Å²) < 4.78 is 19.9. The van der Waals surface area contributed by atoms with Crippen LogP contribution in [0, 0.1) is 17.1 Å².